The van der Waals surface area contributed by atoms with Crippen LogP contribution < -0.4 is 0 Å². The fraction of sp³-hybridized carbons (Fsp3) is 0.182. The zero-order valence-corrected chi connectivity index (χ0v) is 19.9. The maximum absolute atomic E-state index is 11.0. The van der Waals surface area contributed by atoms with Crippen LogP contribution in [0.4, 0.5) is 0 Å². The molecule has 4 unspecified atom stereocenters. The van der Waals surface area contributed by atoms with Crippen LogP contribution in [-0.4, -0.2) is 20.4 Å². The van der Waals surface area contributed by atoms with E-state index in [1.165, 1.54) is 22.7 Å². The molecule has 0 fully saturated rings. The molecule has 2 aliphatic rings. The second-order valence-corrected chi connectivity index (χ2v) is 11.5. The molecule has 2 aromatic carbocycles. The predicted octanol–water partition coefficient (Wildman–Crippen LogP) is 5.98. The van der Waals surface area contributed by atoms with E-state index in [-0.39, 0.29) is 0 Å². The van der Waals surface area contributed by atoms with E-state index in [1.807, 2.05) is 36.4 Å². The molecule has 0 spiro atoms. The molecule has 4 N–H and O–H groups in total. The normalized spacial score (nSPS) is 24.3. The summed E-state index contributed by atoms with van der Waals surface area (Å²) in [6.07, 6.45) is -4.16. The smallest absolute Gasteiger partial charge is 0.112 e. The van der Waals surface area contributed by atoms with Gasteiger partial charge in [0.1, 0.15) is 24.4 Å². The van der Waals surface area contributed by atoms with Crippen molar-refractivity contribution in [2.45, 2.75) is 24.4 Å². The molecule has 152 valence electrons. The van der Waals surface area contributed by atoms with Crippen LogP contribution in [0.5, 0.6) is 0 Å². The van der Waals surface area contributed by atoms with E-state index in [9.17, 15) is 20.4 Å². The number of hydrogen-bond donors (Lipinski definition) is 4. The van der Waals surface area contributed by atoms with Gasteiger partial charge in [0.25, 0.3) is 0 Å². The largest absolute Gasteiger partial charge is 0.385 e. The maximum Gasteiger partial charge on any atom is 0.112 e. The minimum absolute atomic E-state index is 0.683. The van der Waals surface area contributed by atoms with Crippen LogP contribution in [0.3, 0.4) is 0 Å². The second-order valence-electron chi connectivity index (χ2n) is 7.59. The van der Waals surface area contributed by atoms with Gasteiger partial charge in [-0.1, -0.05) is 44.0 Å². The van der Waals surface area contributed by atoms with Gasteiger partial charge >= 0.3 is 0 Å². The molecule has 4 nitrogen and oxygen atoms in total. The summed E-state index contributed by atoms with van der Waals surface area (Å²) in [4.78, 5) is 1.81. The third-order valence-electron chi connectivity index (χ3n) is 5.94. The molecule has 2 aliphatic carbocycles. The first-order valence-corrected chi connectivity index (χ1v) is 12.5. The predicted molar refractivity (Wildman–Crippen MR) is 126 cm³/mol. The molecule has 30 heavy (non-hydrogen) atoms. The van der Waals surface area contributed by atoms with Crippen molar-refractivity contribution in [1.29, 1.82) is 0 Å². The SMILES string of the molecule is OC1c2cc(Br)ccc2-c2sc3c4c(sc3c2C1O)-c1ccc(Br)cc1C(O)C4O. The molecule has 0 amide bonds. The van der Waals surface area contributed by atoms with Crippen LogP contribution >= 0.6 is 54.5 Å². The second kappa shape index (κ2) is 6.70. The molecule has 6 rings (SSSR count). The van der Waals surface area contributed by atoms with Crippen LogP contribution in [0.15, 0.2) is 45.3 Å². The van der Waals surface area contributed by atoms with E-state index in [0.717, 1.165) is 39.2 Å². The Kier molecular flexibility index (Phi) is 4.37. The fourth-order valence-electron chi connectivity index (χ4n) is 4.53. The molecule has 0 saturated carbocycles. The molecular weight excluding hydrogens is 552 g/mol. The molecule has 4 aromatic rings. The summed E-state index contributed by atoms with van der Waals surface area (Å²) in [5.41, 5.74) is 4.56. The zero-order valence-electron chi connectivity index (χ0n) is 15.1. The Labute approximate surface area is 196 Å². The summed E-state index contributed by atoms with van der Waals surface area (Å²) < 4.78 is 3.41. The fourth-order valence-corrected chi connectivity index (χ4v) is 8.40. The Morgan fingerprint density at radius 1 is 0.600 bits per heavy atom. The third-order valence-corrected chi connectivity index (χ3v) is 9.60. The standard InChI is InChI=1S/C22H14Br2O4S2/c23-7-1-3-9-11(5-7)15(25)17(27)13-19(9)29-22-14-18(28)16(26)12-6-8(24)2-4-10(12)20(14)30-21(13)22/h1-6,15-18,25-28H. The summed E-state index contributed by atoms with van der Waals surface area (Å²) in [6.45, 7) is 0. The Balaban J connectivity index is 1.67. The molecule has 0 aliphatic heterocycles. The van der Waals surface area contributed by atoms with E-state index in [4.69, 9.17) is 0 Å². The number of thiophene rings is 2. The van der Waals surface area contributed by atoms with Gasteiger partial charge in [-0.05, 0) is 46.5 Å². The summed E-state index contributed by atoms with van der Waals surface area (Å²) in [5.74, 6) is 0. The highest BCUT2D eigenvalue weighted by atomic mass is 79.9. The highest BCUT2D eigenvalue weighted by Gasteiger charge is 2.40. The van der Waals surface area contributed by atoms with Gasteiger partial charge in [0.15, 0.2) is 0 Å². The lowest BCUT2D eigenvalue weighted by Gasteiger charge is -2.28. The van der Waals surface area contributed by atoms with Crippen molar-refractivity contribution in [1.82, 2.24) is 0 Å². The lowest BCUT2D eigenvalue weighted by Crippen LogP contribution is -2.16. The number of rotatable bonds is 0. The Hall–Kier alpha value is -1.10. The summed E-state index contributed by atoms with van der Waals surface area (Å²) in [7, 11) is 0. The first-order valence-electron chi connectivity index (χ1n) is 9.27. The van der Waals surface area contributed by atoms with Gasteiger partial charge < -0.3 is 20.4 Å². The van der Waals surface area contributed by atoms with Crippen LogP contribution in [0.25, 0.3) is 30.3 Å². The van der Waals surface area contributed by atoms with Gasteiger partial charge in [0, 0.05) is 29.8 Å². The van der Waals surface area contributed by atoms with Crippen LogP contribution in [0.2, 0.25) is 0 Å². The molecule has 0 bridgehead atoms. The maximum atomic E-state index is 11.0. The average molecular weight is 566 g/mol. The third kappa shape index (κ3) is 2.50. The Bertz CT molecular complexity index is 1260. The van der Waals surface area contributed by atoms with Crippen molar-refractivity contribution < 1.29 is 20.4 Å². The Morgan fingerprint density at radius 3 is 1.40 bits per heavy atom. The minimum atomic E-state index is -1.05. The van der Waals surface area contributed by atoms with Gasteiger partial charge in [-0.15, -0.1) is 22.7 Å². The number of benzene rings is 2. The van der Waals surface area contributed by atoms with E-state index < -0.39 is 24.4 Å². The van der Waals surface area contributed by atoms with E-state index in [1.54, 1.807) is 0 Å². The van der Waals surface area contributed by atoms with Crippen molar-refractivity contribution in [2.24, 2.45) is 0 Å². The summed E-state index contributed by atoms with van der Waals surface area (Å²) in [6, 6.07) is 11.4. The van der Waals surface area contributed by atoms with Gasteiger partial charge in [0.2, 0.25) is 0 Å². The number of halogens is 2. The van der Waals surface area contributed by atoms with Crippen LogP contribution in [0.1, 0.15) is 46.7 Å². The zero-order chi connectivity index (χ0) is 20.9. The molecular formula is C22H14Br2O4S2. The topological polar surface area (TPSA) is 80.9 Å². The summed E-state index contributed by atoms with van der Waals surface area (Å²) in [5, 5.41) is 43.6. The highest BCUT2D eigenvalue weighted by molar-refractivity contribution is 9.10. The quantitative estimate of drug-likeness (QED) is 0.211. The van der Waals surface area contributed by atoms with Gasteiger partial charge in [-0.2, -0.15) is 0 Å². The average Bonchev–Trinajstić information content (AvgIpc) is 3.26. The van der Waals surface area contributed by atoms with Gasteiger partial charge in [0.05, 0.1) is 9.40 Å². The van der Waals surface area contributed by atoms with E-state index in [0.29, 0.717) is 22.3 Å². The highest BCUT2D eigenvalue weighted by Crippen LogP contribution is 2.59. The minimum Gasteiger partial charge on any atom is -0.385 e. The molecule has 0 radical (unpaired) electrons. The van der Waals surface area contributed by atoms with Crippen molar-refractivity contribution >= 4 is 63.9 Å². The van der Waals surface area contributed by atoms with Crippen LogP contribution in [-0.2, 0) is 0 Å². The first kappa shape index (κ1) is 19.6. The summed E-state index contributed by atoms with van der Waals surface area (Å²) >= 11 is 9.88. The van der Waals surface area contributed by atoms with Crippen molar-refractivity contribution in [3.63, 3.8) is 0 Å². The van der Waals surface area contributed by atoms with Crippen molar-refractivity contribution in [2.75, 3.05) is 0 Å². The number of aliphatic hydroxyl groups is 4. The monoisotopic (exact) mass is 564 g/mol. The number of hydrogen-bond acceptors (Lipinski definition) is 6. The number of aliphatic hydroxyl groups excluding tert-OH is 4. The Morgan fingerprint density at radius 2 is 1.00 bits per heavy atom. The van der Waals surface area contributed by atoms with Gasteiger partial charge in [-0.3, -0.25) is 0 Å². The van der Waals surface area contributed by atoms with Crippen molar-refractivity contribution in [3.8, 4) is 20.9 Å². The van der Waals surface area contributed by atoms with Crippen LogP contribution in [0, 0.1) is 0 Å². The van der Waals surface area contributed by atoms with Crippen molar-refractivity contribution in [3.05, 3.63) is 67.6 Å². The van der Waals surface area contributed by atoms with Gasteiger partial charge in [-0.25, -0.2) is 0 Å². The molecule has 8 heteroatoms. The lowest BCUT2D eigenvalue weighted by molar-refractivity contribution is 0.0166. The number of fused-ring (bicyclic) bond motifs is 9. The molecule has 0 saturated heterocycles. The lowest BCUT2D eigenvalue weighted by atomic mass is 9.85. The first-order chi connectivity index (χ1) is 14.4. The van der Waals surface area contributed by atoms with E-state index >= 15 is 0 Å². The molecule has 2 aromatic heterocycles. The van der Waals surface area contributed by atoms with E-state index in [2.05, 4.69) is 31.9 Å². The molecule has 2 heterocycles. The molecule has 4 atom stereocenters.